The molecule has 0 saturated heterocycles. The summed E-state index contributed by atoms with van der Waals surface area (Å²) in [5, 5.41) is 12.4. The monoisotopic (exact) mass is 229 g/mol. The summed E-state index contributed by atoms with van der Waals surface area (Å²) in [4.78, 5) is 4.50. The first-order valence-electron chi connectivity index (χ1n) is 6.42. The van der Waals surface area contributed by atoms with Crippen LogP contribution in [-0.4, -0.2) is 11.0 Å². The lowest BCUT2D eigenvalue weighted by atomic mass is 9.91. The van der Waals surface area contributed by atoms with Crippen molar-refractivity contribution in [2.45, 2.75) is 51.1 Å². The molecule has 0 amide bonds. The molecule has 1 heterocycles. The number of fused-ring (bicyclic) bond motifs is 1. The lowest BCUT2D eigenvalue weighted by Crippen LogP contribution is -2.34. The van der Waals surface area contributed by atoms with Gasteiger partial charge in [-0.3, -0.25) is 4.98 Å². The Balaban J connectivity index is 2.10. The lowest BCUT2D eigenvalue weighted by Gasteiger charge is -2.28. The highest BCUT2D eigenvalue weighted by atomic mass is 15.0. The van der Waals surface area contributed by atoms with E-state index >= 15 is 0 Å². The lowest BCUT2D eigenvalue weighted by molar-refractivity contribution is 0.382. The van der Waals surface area contributed by atoms with Gasteiger partial charge in [-0.1, -0.05) is 13.0 Å². The number of rotatable bonds is 4. The molecule has 0 fully saturated rings. The van der Waals surface area contributed by atoms with E-state index in [1.54, 1.807) is 0 Å². The molecule has 1 aromatic rings. The molecule has 2 rings (SSSR count). The molecule has 0 aliphatic heterocycles. The maximum atomic E-state index is 8.79. The molecule has 0 radical (unpaired) electrons. The van der Waals surface area contributed by atoms with Gasteiger partial charge in [0.05, 0.1) is 24.2 Å². The van der Waals surface area contributed by atoms with Gasteiger partial charge in [-0.25, -0.2) is 0 Å². The van der Waals surface area contributed by atoms with Crippen LogP contribution in [0.5, 0.6) is 0 Å². The van der Waals surface area contributed by atoms with Crippen molar-refractivity contribution in [2.24, 2.45) is 0 Å². The van der Waals surface area contributed by atoms with Crippen molar-refractivity contribution in [1.82, 2.24) is 10.3 Å². The summed E-state index contributed by atoms with van der Waals surface area (Å²) in [7, 11) is 0. The highest BCUT2D eigenvalue weighted by Crippen LogP contribution is 2.28. The molecule has 2 atom stereocenters. The van der Waals surface area contributed by atoms with Crippen LogP contribution >= 0.6 is 0 Å². The quantitative estimate of drug-likeness (QED) is 0.863. The third kappa shape index (κ3) is 2.83. The van der Waals surface area contributed by atoms with Crippen LogP contribution in [0.3, 0.4) is 0 Å². The Bertz CT molecular complexity index is 408. The summed E-state index contributed by atoms with van der Waals surface area (Å²) in [6, 6.07) is 7.05. The van der Waals surface area contributed by atoms with E-state index in [2.05, 4.69) is 29.4 Å². The first kappa shape index (κ1) is 12.1. The highest BCUT2D eigenvalue weighted by molar-refractivity contribution is 5.25. The first-order chi connectivity index (χ1) is 8.35. The molecule has 0 bridgehead atoms. The van der Waals surface area contributed by atoms with Crippen molar-refractivity contribution < 1.29 is 0 Å². The third-order valence-electron chi connectivity index (χ3n) is 3.46. The third-order valence-corrected chi connectivity index (χ3v) is 3.46. The molecule has 1 N–H and O–H groups in total. The van der Waals surface area contributed by atoms with Crippen LogP contribution in [0, 0.1) is 11.3 Å². The predicted molar refractivity (Wildman–Crippen MR) is 67.4 cm³/mol. The van der Waals surface area contributed by atoms with E-state index < -0.39 is 0 Å². The number of pyridine rings is 1. The summed E-state index contributed by atoms with van der Waals surface area (Å²) in [6.45, 7) is 2.12. The molecule has 3 nitrogen and oxygen atoms in total. The average Bonchev–Trinajstić information content (AvgIpc) is 2.38. The Morgan fingerprint density at radius 2 is 2.53 bits per heavy atom. The van der Waals surface area contributed by atoms with E-state index in [0.29, 0.717) is 12.5 Å². The van der Waals surface area contributed by atoms with Crippen molar-refractivity contribution >= 4 is 0 Å². The van der Waals surface area contributed by atoms with Gasteiger partial charge in [0.15, 0.2) is 0 Å². The summed E-state index contributed by atoms with van der Waals surface area (Å²) < 4.78 is 0. The number of nitrogens with one attached hydrogen (secondary N) is 1. The van der Waals surface area contributed by atoms with Gasteiger partial charge in [0.2, 0.25) is 0 Å². The molecule has 0 aromatic carbocycles. The van der Waals surface area contributed by atoms with Crippen molar-refractivity contribution in [3.63, 3.8) is 0 Å². The summed E-state index contributed by atoms with van der Waals surface area (Å²) >= 11 is 0. The van der Waals surface area contributed by atoms with Crippen LogP contribution < -0.4 is 5.32 Å². The number of aryl methyl sites for hydroxylation is 1. The average molecular weight is 229 g/mol. The fourth-order valence-electron chi connectivity index (χ4n) is 2.49. The molecular formula is C14H19N3. The fraction of sp³-hybridized carbons (Fsp3) is 0.571. The fourth-order valence-corrected chi connectivity index (χ4v) is 2.49. The molecule has 0 spiro atoms. The van der Waals surface area contributed by atoms with E-state index in [4.69, 9.17) is 5.26 Å². The molecule has 0 saturated carbocycles. The smallest absolute Gasteiger partial charge is 0.0638 e. The maximum Gasteiger partial charge on any atom is 0.0638 e. The molecule has 3 heteroatoms. The molecule has 1 aliphatic carbocycles. The summed E-state index contributed by atoms with van der Waals surface area (Å²) in [5.74, 6) is 0. The van der Waals surface area contributed by atoms with E-state index in [1.165, 1.54) is 17.7 Å². The van der Waals surface area contributed by atoms with Gasteiger partial charge >= 0.3 is 0 Å². The minimum Gasteiger partial charge on any atom is -0.305 e. The van der Waals surface area contributed by atoms with Crippen LogP contribution in [0.15, 0.2) is 18.3 Å². The van der Waals surface area contributed by atoms with Crippen molar-refractivity contribution in [2.75, 3.05) is 0 Å². The Morgan fingerprint density at radius 1 is 1.65 bits per heavy atom. The van der Waals surface area contributed by atoms with Gasteiger partial charge in [-0.2, -0.15) is 5.26 Å². The van der Waals surface area contributed by atoms with Gasteiger partial charge in [0.1, 0.15) is 0 Å². The number of hydrogen-bond acceptors (Lipinski definition) is 3. The van der Waals surface area contributed by atoms with Gasteiger partial charge in [-0.15, -0.1) is 0 Å². The van der Waals surface area contributed by atoms with E-state index in [1.807, 2.05) is 12.3 Å². The van der Waals surface area contributed by atoms with Crippen LogP contribution in [0.1, 0.15) is 49.9 Å². The number of nitriles is 1. The summed E-state index contributed by atoms with van der Waals surface area (Å²) in [6.07, 6.45) is 6.91. The second kappa shape index (κ2) is 5.79. The zero-order chi connectivity index (χ0) is 12.1. The molecule has 1 aromatic heterocycles. The SMILES string of the molecule is CCC(CC#N)NC1CCCc2cccnc21. The van der Waals surface area contributed by atoms with Crippen molar-refractivity contribution in [3.05, 3.63) is 29.6 Å². The maximum absolute atomic E-state index is 8.79. The Hall–Kier alpha value is -1.40. The predicted octanol–water partition coefficient (Wildman–Crippen LogP) is 2.74. The molecule has 2 unspecified atom stereocenters. The standard InChI is InChI=1S/C14H19N3/c1-2-12(8-9-15)17-13-7-3-5-11-6-4-10-16-14(11)13/h4,6,10,12-13,17H,2-3,5,7-8H2,1H3. The van der Waals surface area contributed by atoms with Crippen LogP contribution in [0.25, 0.3) is 0 Å². The molecule has 90 valence electrons. The second-order valence-corrected chi connectivity index (χ2v) is 4.63. The van der Waals surface area contributed by atoms with Gasteiger partial charge < -0.3 is 5.32 Å². The van der Waals surface area contributed by atoms with E-state index in [-0.39, 0.29) is 6.04 Å². The largest absolute Gasteiger partial charge is 0.305 e. The van der Waals surface area contributed by atoms with E-state index in [9.17, 15) is 0 Å². The Kier molecular flexibility index (Phi) is 4.11. The molecule has 1 aliphatic rings. The highest BCUT2D eigenvalue weighted by Gasteiger charge is 2.22. The van der Waals surface area contributed by atoms with Crippen molar-refractivity contribution in [1.29, 1.82) is 5.26 Å². The Labute approximate surface area is 103 Å². The number of aromatic nitrogens is 1. The molecular weight excluding hydrogens is 210 g/mol. The van der Waals surface area contributed by atoms with Crippen LogP contribution in [0.4, 0.5) is 0 Å². The zero-order valence-corrected chi connectivity index (χ0v) is 10.3. The Morgan fingerprint density at radius 3 is 3.29 bits per heavy atom. The van der Waals surface area contributed by atoms with E-state index in [0.717, 1.165) is 19.3 Å². The van der Waals surface area contributed by atoms with Crippen LogP contribution in [0.2, 0.25) is 0 Å². The molecule has 17 heavy (non-hydrogen) atoms. The normalized spacial score (nSPS) is 20.4. The zero-order valence-electron chi connectivity index (χ0n) is 10.3. The minimum atomic E-state index is 0.290. The summed E-state index contributed by atoms with van der Waals surface area (Å²) in [5.41, 5.74) is 2.55. The van der Waals surface area contributed by atoms with Gasteiger partial charge in [-0.05, 0) is 37.3 Å². The first-order valence-corrected chi connectivity index (χ1v) is 6.42. The number of nitrogens with zero attached hydrogens (tertiary/aromatic N) is 2. The van der Waals surface area contributed by atoms with Crippen LogP contribution in [-0.2, 0) is 6.42 Å². The number of hydrogen-bond donors (Lipinski definition) is 1. The van der Waals surface area contributed by atoms with Gasteiger partial charge in [0.25, 0.3) is 0 Å². The topological polar surface area (TPSA) is 48.7 Å². The minimum absolute atomic E-state index is 0.290. The second-order valence-electron chi connectivity index (χ2n) is 4.63. The van der Waals surface area contributed by atoms with Crippen molar-refractivity contribution in [3.8, 4) is 6.07 Å². The van der Waals surface area contributed by atoms with Gasteiger partial charge in [0, 0.05) is 12.2 Å².